The maximum absolute atomic E-state index is 10.9. The SMILES string of the molecule is CC(NC(=O)CBr)c1ccco1. The van der Waals surface area contributed by atoms with Gasteiger partial charge in [-0.25, -0.2) is 0 Å². The van der Waals surface area contributed by atoms with Crippen molar-refractivity contribution in [1.82, 2.24) is 5.32 Å². The lowest BCUT2D eigenvalue weighted by molar-refractivity contribution is -0.119. The van der Waals surface area contributed by atoms with E-state index in [0.29, 0.717) is 5.33 Å². The van der Waals surface area contributed by atoms with Crippen molar-refractivity contribution in [3.63, 3.8) is 0 Å². The van der Waals surface area contributed by atoms with Crippen molar-refractivity contribution in [2.24, 2.45) is 0 Å². The molecule has 0 fully saturated rings. The fourth-order valence-corrected chi connectivity index (χ4v) is 1.05. The zero-order valence-corrected chi connectivity index (χ0v) is 8.30. The third kappa shape index (κ3) is 2.37. The molecule has 1 rings (SSSR count). The summed E-state index contributed by atoms with van der Waals surface area (Å²) in [6.07, 6.45) is 1.59. The summed E-state index contributed by atoms with van der Waals surface area (Å²) < 4.78 is 5.11. The number of carbonyl (C=O) groups is 1. The third-order valence-electron chi connectivity index (χ3n) is 1.47. The fourth-order valence-electron chi connectivity index (χ4n) is 0.889. The van der Waals surface area contributed by atoms with Gasteiger partial charge in [-0.2, -0.15) is 0 Å². The summed E-state index contributed by atoms with van der Waals surface area (Å²) in [4.78, 5) is 10.9. The largest absolute Gasteiger partial charge is 0.467 e. The molecule has 0 bridgehead atoms. The summed E-state index contributed by atoms with van der Waals surface area (Å²) in [5, 5.41) is 3.07. The van der Waals surface area contributed by atoms with E-state index in [2.05, 4.69) is 21.2 Å². The Morgan fingerprint density at radius 1 is 1.83 bits per heavy atom. The molecule has 0 aliphatic carbocycles. The lowest BCUT2D eigenvalue weighted by atomic mass is 10.2. The van der Waals surface area contributed by atoms with E-state index in [0.717, 1.165) is 5.76 Å². The topological polar surface area (TPSA) is 42.2 Å². The average Bonchev–Trinajstić information content (AvgIpc) is 2.56. The summed E-state index contributed by atoms with van der Waals surface area (Å²) in [6, 6.07) is 3.57. The number of nitrogens with one attached hydrogen (secondary N) is 1. The van der Waals surface area contributed by atoms with Gasteiger partial charge in [0.2, 0.25) is 5.91 Å². The molecule has 0 aliphatic heterocycles. The molecule has 1 amide bonds. The van der Waals surface area contributed by atoms with Gasteiger partial charge < -0.3 is 9.73 Å². The van der Waals surface area contributed by atoms with E-state index in [-0.39, 0.29) is 11.9 Å². The van der Waals surface area contributed by atoms with Crippen molar-refractivity contribution in [2.45, 2.75) is 13.0 Å². The quantitative estimate of drug-likeness (QED) is 0.808. The third-order valence-corrected chi connectivity index (χ3v) is 1.98. The molecule has 1 aromatic heterocycles. The molecule has 12 heavy (non-hydrogen) atoms. The molecular weight excluding hydrogens is 222 g/mol. The Balaban J connectivity index is 2.49. The molecule has 0 spiro atoms. The molecule has 1 aromatic rings. The Kier molecular flexibility index (Phi) is 3.34. The van der Waals surface area contributed by atoms with Crippen LogP contribution in [0.25, 0.3) is 0 Å². The molecule has 4 heteroatoms. The molecule has 0 radical (unpaired) electrons. The zero-order chi connectivity index (χ0) is 8.97. The minimum absolute atomic E-state index is 0.0427. The van der Waals surface area contributed by atoms with Crippen molar-refractivity contribution in [3.8, 4) is 0 Å². The second-order valence-electron chi connectivity index (χ2n) is 2.44. The van der Waals surface area contributed by atoms with Gasteiger partial charge in [0, 0.05) is 0 Å². The first-order valence-corrected chi connectivity index (χ1v) is 4.75. The maximum atomic E-state index is 10.9. The Morgan fingerprint density at radius 3 is 3.08 bits per heavy atom. The highest BCUT2D eigenvalue weighted by molar-refractivity contribution is 9.09. The fraction of sp³-hybridized carbons (Fsp3) is 0.375. The maximum Gasteiger partial charge on any atom is 0.231 e. The molecule has 0 saturated carbocycles. The standard InChI is InChI=1S/C8H10BrNO2/c1-6(10-8(11)5-9)7-3-2-4-12-7/h2-4,6H,5H2,1H3,(H,10,11). The monoisotopic (exact) mass is 231 g/mol. The Morgan fingerprint density at radius 2 is 2.58 bits per heavy atom. The molecule has 66 valence electrons. The minimum Gasteiger partial charge on any atom is -0.467 e. The number of hydrogen-bond donors (Lipinski definition) is 1. The van der Waals surface area contributed by atoms with Gasteiger partial charge in [-0.3, -0.25) is 4.79 Å². The predicted molar refractivity (Wildman–Crippen MR) is 49.1 cm³/mol. The van der Waals surface area contributed by atoms with Crippen LogP contribution in [0.15, 0.2) is 22.8 Å². The lowest BCUT2D eigenvalue weighted by Crippen LogP contribution is -2.26. The normalized spacial score (nSPS) is 12.5. The molecule has 1 N–H and O–H groups in total. The van der Waals surface area contributed by atoms with E-state index in [1.807, 2.05) is 13.0 Å². The van der Waals surface area contributed by atoms with Crippen molar-refractivity contribution >= 4 is 21.8 Å². The van der Waals surface area contributed by atoms with Crippen LogP contribution in [0.2, 0.25) is 0 Å². The molecule has 1 heterocycles. The highest BCUT2D eigenvalue weighted by atomic mass is 79.9. The van der Waals surface area contributed by atoms with E-state index >= 15 is 0 Å². The average molecular weight is 232 g/mol. The van der Waals surface area contributed by atoms with Crippen molar-refractivity contribution in [1.29, 1.82) is 0 Å². The summed E-state index contributed by atoms with van der Waals surface area (Å²) in [5.74, 6) is 0.725. The van der Waals surface area contributed by atoms with Crippen LogP contribution in [0.4, 0.5) is 0 Å². The Hall–Kier alpha value is -0.770. The number of rotatable bonds is 3. The second-order valence-corrected chi connectivity index (χ2v) is 3.00. The van der Waals surface area contributed by atoms with Crippen molar-refractivity contribution in [3.05, 3.63) is 24.2 Å². The molecular formula is C8H10BrNO2. The second kappa shape index (κ2) is 4.30. The highest BCUT2D eigenvalue weighted by Gasteiger charge is 2.09. The molecule has 0 aliphatic rings. The number of amides is 1. The van der Waals surface area contributed by atoms with E-state index < -0.39 is 0 Å². The van der Waals surface area contributed by atoms with Crippen LogP contribution in [0.5, 0.6) is 0 Å². The van der Waals surface area contributed by atoms with E-state index in [9.17, 15) is 4.79 Å². The Labute approximate surface area is 79.3 Å². The van der Waals surface area contributed by atoms with E-state index in [1.54, 1.807) is 12.3 Å². The van der Waals surface area contributed by atoms with Crippen LogP contribution in [0, 0.1) is 0 Å². The summed E-state index contributed by atoms with van der Waals surface area (Å²) >= 11 is 3.06. The first-order valence-electron chi connectivity index (χ1n) is 3.62. The smallest absolute Gasteiger partial charge is 0.231 e. The first-order chi connectivity index (χ1) is 5.74. The van der Waals surface area contributed by atoms with Gasteiger partial charge in [0.05, 0.1) is 17.6 Å². The van der Waals surface area contributed by atoms with Gasteiger partial charge in [-0.15, -0.1) is 0 Å². The molecule has 1 atom stereocenters. The number of halogens is 1. The van der Waals surface area contributed by atoms with Gasteiger partial charge >= 0.3 is 0 Å². The van der Waals surface area contributed by atoms with Crippen LogP contribution in [-0.2, 0) is 4.79 Å². The molecule has 0 saturated heterocycles. The summed E-state index contributed by atoms with van der Waals surface area (Å²) in [5.41, 5.74) is 0. The summed E-state index contributed by atoms with van der Waals surface area (Å²) in [6.45, 7) is 1.87. The van der Waals surface area contributed by atoms with Crippen LogP contribution in [0.1, 0.15) is 18.7 Å². The van der Waals surface area contributed by atoms with Crippen LogP contribution >= 0.6 is 15.9 Å². The zero-order valence-electron chi connectivity index (χ0n) is 6.71. The van der Waals surface area contributed by atoms with Crippen LogP contribution in [-0.4, -0.2) is 11.2 Å². The van der Waals surface area contributed by atoms with Crippen molar-refractivity contribution < 1.29 is 9.21 Å². The number of hydrogen-bond acceptors (Lipinski definition) is 2. The number of furan rings is 1. The van der Waals surface area contributed by atoms with Gasteiger partial charge in [-0.05, 0) is 19.1 Å². The van der Waals surface area contributed by atoms with E-state index in [1.165, 1.54) is 0 Å². The highest BCUT2D eigenvalue weighted by Crippen LogP contribution is 2.11. The minimum atomic E-state index is -0.0648. The summed E-state index contributed by atoms with van der Waals surface area (Å²) in [7, 11) is 0. The predicted octanol–water partition coefficient (Wildman–Crippen LogP) is 1.85. The number of alkyl halides is 1. The van der Waals surface area contributed by atoms with Gasteiger partial charge in [0.25, 0.3) is 0 Å². The van der Waals surface area contributed by atoms with Crippen LogP contribution < -0.4 is 5.32 Å². The van der Waals surface area contributed by atoms with Crippen molar-refractivity contribution in [2.75, 3.05) is 5.33 Å². The first kappa shape index (κ1) is 9.32. The molecule has 3 nitrogen and oxygen atoms in total. The van der Waals surface area contributed by atoms with E-state index in [4.69, 9.17) is 4.42 Å². The van der Waals surface area contributed by atoms with Gasteiger partial charge in [0.1, 0.15) is 5.76 Å². The number of carbonyl (C=O) groups excluding carboxylic acids is 1. The lowest BCUT2D eigenvalue weighted by Gasteiger charge is -2.09. The molecule has 1 unspecified atom stereocenters. The van der Waals surface area contributed by atoms with Gasteiger partial charge in [-0.1, -0.05) is 15.9 Å². The van der Waals surface area contributed by atoms with Gasteiger partial charge in [0.15, 0.2) is 0 Å². The van der Waals surface area contributed by atoms with Crippen LogP contribution in [0.3, 0.4) is 0 Å². The molecule has 0 aromatic carbocycles. The Bertz CT molecular complexity index is 246.